The van der Waals surface area contributed by atoms with Gasteiger partial charge in [-0.1, -0.05) is 17.7 Å². The number of nitrogens with one attached hydrogen (secondary N) is 1. The number of aromatic carboxylic acids is 1. The molecule has 122 valence electrons. The lowest BCUT2D eigenvalue weighted by molar-refractivity contribution is 0.0698. The Hall–Kier alpha value is -2.20. The molecule has 0 aliphatic heterocycles. The highest BCUT2D eigenvalue weighted by molar-refractivity contribution is 6.31. The maximum atomic E-state index is 11.2. The van der Waals surface area contributed by atoms with E-state index < -0.39 is 5.97 Å². The average Bonchev–Trinajstić information content (AvgIpc) is 2.47. The first-order valence-corrected chi connectivity index (χ1v) is 7.81. The summed E-state index contributed by atoms with van der Waals surface area (Å²) >= 11 is 5.83. The second-order valence-corrected chi connectivity index (χ2v) is 5.88. The van der Waals surface area contributed by atoms with E-state index in [2.05, 4.69) is 11.4 Å². The van der Waals surface area contributed by atoms with Crippen LogP contribution in [-0.4, -0.2) is 24.2 Å². The van der Waals surface area contributed by atoms with Crippen LogP contribution in [0.3, 0.4) is 0 Å². The molecule has 0 fully saturated rings. The van der Waals surface area contributed by atoms with Crippen molar-refractivity contribution in [1.29, 1.82) is 0 Å². The Morgan fingerprint density at radius 1 is 1.17 bits per heavy atom. The molecule has 0 saturated carbocycles. The number of hydrogen-bond donors (Lipinski definition) is 2. The van der Waals surface area contributed by atoms with Crippen LogP contribution in [0.5, 0.6) is 5.75 Å². The van der Waals surface area contributed by atoms with Crippen LogP contribution in [-0.2, 0) is 0 Å². The fourth-order valence-electron chi connectivity index (χ4n) is 2.35. The van der Waals surface area contributed by atoms with Crippen LogP contribution in [0.2, 0.25) is 5.02 Å². The van der Waals surface area contributed by atoms with E-state index in [1.165, 1.54) is 17.2 Å². The van der Waals surface area contributed by atoms with Crippen molar-refractivity contribution in [2.24, 2.45) is 0 Å². The maximum Gasteiger partial charge on any atom is 0.337 e. The van der Waals surface area contributed by atoms with Gasteiger partial charge in [-0.3, -0.25) is 0 Å². The number of hydrogen-bond acceptors (Lipinski definition) is 3. The lowest BCUT2D eigenvalue weighted by atomic mass is 10.1. The Morgan fingerprint density at radius 2 is 1.87 bits per heavy atom. The quantitative estimate of drug-likeness (QED) is 0.730. The van der Waals surface area contributed by atoms with Crippen molar-refractivity contribution in [2.45, 2.75) is 20.3 Å². The van der Waals surface area contributed by atoms with Crippen molar-refractivity contribution in [1.82, 2.24) is 0 Å². The molecule has 0 saturated heterocycles. The van der Waals surface area contributed by atoms with Crippen molar-refractivity contribution in [3.8, 4) is 5.75 Å². The van der Waals surface area contributed by atoms with Crippen molar-refractivity contribution in [2.75, 3.05) is 18.5 Å². The third-order valence-corrected chi connectivity index (χ3v) is 3.55. The summed E-state index contributed by atoms with van der Waals surface area (Å²) < 4.78 is 5.72. The van der Waals surface area contributed by atoms with Gasteiger partial charge >= 0.3 is 5.97 Å². The number of rotatable bonds is 7. The Kier molecular flexibility index (Phi) is 5.88. The summed E-state index contributed by atoms with van der Waals surface area (Å²) in [6, 6.07) is 10.9. The molecule has 0 amide bonds. The third kappa shape index (κ3) is 5.18. The number of carboxylic acids is 1. The first kappa shape index (κ1) is 17.2. The standard InChI is InChI=1S/C18H20ClNO3/c1-12-8-13(2)10-15(9-12)23-7-3-6-20-17-5-4-14(19)11-16(17)18(21)22/h4-5,8-11,20H,3,6-7H2,1-2H3,(H,21,22). The average molecular weight is 334 g/mol. The summed E-state index contributed by atoms with van der Waals surface area (Å²) in [5, 5.41) is 12.7. The molecule has 0 aromatic heterocycles. The van der Waals surface area contributed by atoms with E-state index >= 15 is 0 Å². The lowest BCUT2D eigenvalue weighted by Gasteiger charge is -2.11. The van der Waals surface area contributed by atoms with E-state index in [1.54, 1.807) is 12.1 Å². The minimum absolute atomic E-state index is 0.174. The SMILES string of the molecule is Cc1cc(C)cc(OCCCNc2ccc(Cl)cc2C(=O)O)c1. The summed E-state index contributed by atoms with van der Waals surface area (Å²) in [4.78, 5) is 11.2. The van der Waals surface area contributed by atoms with Crippen LogP contribution >= 0.6 is 11.6 Å². The molecule has 0 atom stereocenters. The summed E-state index contributed by atoms with van der Waals surface area (Å²) in [5.74, 6) is -0.137. The van der Waals surface area contributed by atoms with Crippen molar-refractivity contribution >= 4 is 23.3 Å². The Bertz CT molecular complexity index is 680. The van der Waals surface area contributed by atoms with E-state index in [9.17, 15) is 9.90 Å². The second-order valence-electron chi connectivity index (χ2n) is 5.45. The molecular weight excluding hydrogens is 314 g/mol. The molecule has 0 bridgehead atoms. The minimum Gasteiger partial charge on any atom is -0.494 e. The van der Waals surface area contributed by atoms with E-state index in [4.69, 9.17) is 16.3 Å². The van der Waals surface area contributed by atoms with Gasteiger partial charge < -0.3 is 15.2 Å². The van der Waals surface area contributed by atoms with Crippen molar-refractivity contribution in [3.05, 3.63) is 58.1 Å². The van der Waals surface area contributed by atoms with E-state index in [0.717, 1.165) is 12.2 Å². The fraction of sp³-hybridized carbons (Fsp3) is 0.278. The predicted octanol–water partition coefficient (Wildman–Crippen LogP) is 4.54. The second kappa shape index (κ2) is 7.88. The molecule has 2 aromatic carbocycles. The van der Waals surface area contributed by atoms with Gasteiger partial charge in [0.1, 0.15) is 5.75 Å². The monoisotopic (exact) mass is 333 g/mol. The van der Waals surface area contributed by atoms with Crippen molar-refractivity contribution in [3.63, 3.8) is 0 Å². The van der Waals surface area contributed by atoms with Gasteiger partial charge in [-0.15, -0.1) is 0 Å². The highest BCUT2D eigenvalue weighted by Crippen LogP contribution is 2.21. The number of carbonyl (C=O) groups is 1. The number of anilines is 1. The molecule has 0 aliphatic rings. The largest absolute Gasteiger partial charge is 0.494 e. The van der Waals surface area contributed by atoms with Crippen LogP contribution in [0, 0.1) is 13.8 Å². The molecular formula is C18H20ClNO3. The van der Waals surface area contributed by atoms with Crippen LogP contribution in [0.15, 0.2) is 36.4 Å². The molecule has 2 aromatic rings. The highest BCUT2D eigenvalue weighted by atomic mass is 35.5. The van der Waals surface area contributed by atoms with E-state index in [0.29, 0.717) is 23.9 Å². The van der Waals surface area contributed by atoms with Crippen molar-refractivity contribution < 1.29 is 14.6 Å². The Balaban J connectivity index is 1.83. The molecule has 23 heavy (non-hydrogen) atoms. The molecule has 4 nitrogen and oxygen atoms in total. The summed E-state index contributed by atoms with van der Waals surface area (Å²) in [5.41, 5.74) is 3.08. The van der Waals surface area contributed by atoms with E-state index in [-0.39, 0.29) is 5.56 Å². The topological polar surface area (TPSA) is 58.6 Å². The first-order valence-electron chi connectivity index (χ1n) is 7.43. The molecule has 2 rings (SSSR count). The summed E-state index contributed by atoms with van der Waals surface area (Å²) in [6.07, 6.45) is 0.759. The van der Waals surface area contributed by atoms with Gasteiger partial charge in [-0.25, -0.2) is 4.79 Å². The van der Waals surface area contributed by atoms with Crippen LogP contribution in [0.4, 0.5) is 5.69 Å². The molecule has 0 radical (unpaired) electrons. The van der Waals surface area contributed by atoms with Gasteiger partial charge in [0.2, 0.25) is 0 Å². The van der Waals surface area contributed by atoms with Crippen LogP contribution < -0.4 is 10.1 Å². The molecule has 0 spiro atoms. The van der Waals surface area contributed by atoms with Gasteiger partial charge in [-0.2, -0.15) is 0 Å². The molecule has 0 unspecified atom stereocenters. The predicted molar refractivity (Wildman–Crippen MR) is 92.9 cm³/mol. The first-order chi connectivity index (χ1) is 11.0. The normalized spacial score (nSPS) is 10.4. The zero-order chi connectivity index (χ0) is 16.8. The molecule has 2 N–H and O–H groups in total. The number of ether oxygens (including phenoxy) is 1. The maximum absolute atomic E-state index is 11.2. The zero-order valence-electron chi connectivity index (χ0n) is 13.2. The van der Waals surface area contributed by atoms with E-state index in [1.807, 2.05) is 26.0 Å². The van der Waals surface area contributed by atoms with Gasteiger partial charge in [0, 0.05) is 17.3 Å². The summed E-state index contributed by atoms with van der Waals surface area (Å²) in [6.45, 7) is 5.25. The smallest absolute Gasteiger partial charge is 0.337 e. The number of aryl methyl sites for hydroxylation is 2. The molecule has 0 heterocycles. The molecule has 0 aliphatic carbocycles. The lowest BCUT2D eigenvalue weighted by Crippen LogP contribution is -2.10. The van der Waals surface area contributed by atoms with Gasteiger partial charge in [-0.05, 0) is 61.7 Å². The Morgan fingerprint density at radius 3 is 2.52 bits per heavy atom. The summed E-state index contributed by atoms with van der Waals surface area (Å²) in [7, 11) is 0. The van der Waals surface area contributed by atoms with Gasteiger partial charge in [0.15, 0.2) is 0 Å². The van der Waals surface area contributed by atoms with Gasteiger partial charge in [0.25, 0.3) is 0 Å². The highest BCUT2D eigenvalue weighted by Gasteiger charge is 2.10. The minimum atomic E-state index is -0.999. The Labute approximate surface area is 141 Å². The van der Waals surface area contributed by atoms with Crippen LogP contribution in [0.1, 0.15) is 27.9 Å². The molecule has 5 heteroatoms. The number of benzene rings is 2. The fourth-order valence-corrected chi connectivity index (χ4v) is 2.52. The third-order valence-electron chi connectivity index (χ3n) is 3.31. The number of carboxylic acid groups (broad SMARTS) is 1. The number of halogens is 1. The zero-order valence-corrected chi connectivity index (χ0v) is 14.0. The van der Waals surface area contributed by atoms with Gasteiger partial charge in [0.05, 0.1) is 12.2 Å². The van der Waals surface area contributed by atoms with Crippen LogP contribution in [0.25, 0.3) is 0 Å².